The Bertz CT molecular complexity index is 286. The quantitative estimate of drug-likeness (QED) is 0.730. The van der Waals surface area contributed by atoms with Gasteiger partial charge in [-0.2, -0.15) is 0 Å². The summed E-state index contributed by atoms with van der Waals surface area (Å²) >= 11 is 0. The van der Waals surface area contributed by atoms with Crippen LogP contribution < -0.4 is 0 Å². The minimum Gasteiger partial charge on any atom is -0.212 e. The number of nitrogens with zero attached hydrogens (tertiary/aromatic N) is 1. The van der Waals surface area contributed by atoms with E-state index in [2.05, 4.69) is 0 Å². The molecule has 0 atom stereocenters. The summed E-state index contributed by atoms with van der Waals surface area (Å²) < 4.78 is 26.3. The van der Waals surface area contributed by atoms with E-state index in [4.69, 9.17) is 0 Å². The predicted molar refractivity (Wildman–Crippen MR) is 61.2 cm³/mol. The van der Waals surface area contributed by atoms with Gasteiger partial charge >= 0.3 is 0 Å². The van der Waals surface area contributed by atoms with Crippen LogP contribution in [-0.4, -0.2) is 31.1 Å². The molecule has 88 valence electrons. The zero-order chi connectivity index (χ0) is 10.7. The molecule has 2 aliphatic rings. The second kappa shape index (κ2) is 4.83. The molecular weight excluding hydrogens is 210 g/mol. The third kappa shape index (κ3) is 2.53. The van der Waals surface area contributed by atoms with Crippen LogP contribution in [0.5, 0.6) is 0 Å². The summed E-state index contributed by atoms with van der Waals surface area (Å²) in [4.78, 5) is 0. The highest BCUT2D eigenvalue weighted by Crippen LogP contribution is 2.28. The van der Waals surface area contributed by atoms with Crippen LogP contribution in [0, 0.1) is 0 Å². The van der Waals surface area contributed by atoms with Gasteiger partial charge in [0.15, 0.2) is 0 Å². The molecule has 2 rings (SSSR count). The molecule has 0 N–H and O–H groups in total. The van der Waals surface area contributed by atoms with E-state index >= 15 is 0 Å². The third-order valence-electron chi connectivity index (χ3n) is 3.65. The van der Waals surface area contributed by atoms with Gasteiger partial charge in [0.2, 0.25) is 10.0 Å². The van der Waals surface area contributed by atoms with E-state index in [9.17, 15) is 8.42 Å². The van der Waals surface area contributed by atoms with Crippen LogP contribution in [0.25, 0.3) is 0 Å². The first-order valence-corrected chi connectivity index (χ1v) is 7.70. The number of rotatable bonds is 2. The molecule has 1 saturated carbocycles. The molecule has 0 amide bonds. The van der Waals surface area contributed by atoms with Gasteiger partial charge in [-0.3, -0.25) is 0 Å². The van der Waals surface area contributed by atoms with E-state index in [1.165, 1.54) is 12.8 Å². The van der Waals surface area contributed by atoms with Crippen molar-refractivity contribution in [2.75, 3.05) is 13.1 Å². The van der Waals surface area contributed by atoms with Gasteiger partial charge in [-0.1, -0.05) is 25.7 Å². The molecule has 0 aromatic rings. The summed E-state index contributed by atoms with van der Waals surface area (Å²) in [6.45, 7) is 1.53. The first-order chi connectivity index (χ1) is 7.21. The molecule has 0 aromatic carbocycles. The van der Waals surface area contributed by atoms with E-state index in [1.54, 1.807) is 4.31 Å². The maximum Gasteiger partial charge on any atom is 0.216 e. The van der Waals surface area contributed by atoms with E-state index in [1.807, 2.05) is 0 Å². The van der Waals surface area contributed by atoms with Crippen molar-refractivity contribution in [1.82, 2.24) is 4.31 Å². The van der Waals surface area contributed by atoms with Crippen LogP contribution in [0.2, 0.25) is 0 Å². The second-order valence-corrected chi connectivity index (χ2v) is 6.98. The van der Waals surface area contributed by atoms with Gasteiger partial charge in [0.1, 0.15) is 0 Å². The van der Waals surface area contributed by atoms with Crippen molar-refractivity contribution in [3.8, 4) is 0 Å². The lowest BCUT2D eigenvalue weighted by Gasteiger charge is -2.23. The van der Waals surface area contributed by atoms with Gasteiger partial charge in [-0.25, -0.2) is 12.7 Å². The Morgan fingerprint density at radius 3 is 1.87 bits per heavy atom. The Balaban J connectivity index is 2.05. The van der Waals surface area contributed by atoms with Gasteiger partial charge < -0.3 is 0 Å². The van der Waals surface area contributed by atoms with Crippen LogP contribution in [0.3, 0.4) is 0 Å². The highest BCUT2D eigenvalue weighted by atomic mass is 32.2. The first kappa shape index (κ1) is 11.4. The lowest BCUT2D eigenvalue weighted by Crippen LogP contribution is -2.38. The van der Waals surface area contributed by atoms with Crippen LogP contribution in [-0.2, 0) is 10.0 Å². The van der Waals surface area contributed by atoms with Crippen molar-refractivity contribution in [2.45, 2.75) is 56.6 Å². The highest BCUT2D eigenvalue weighted by Gasteiger charge is 2.33. The van der Waals surface area contributed by atoms with E-state index in [-0.39, 0.29) is 5.25 Å². The predicted octanol–water partition coefficient (Wildman–Crippen LogP) is 2.13. The molecule has 0 radical (unpaired) electrons. The molecule has 0 aromatic heterocycles. The molecule has 2 fully saturated rings. The zero-order valence-corrected chi connectivity index (χ0v) is 10.1. The summed E-state index contributed by atoms with van der Waals surface area (Å²) in [6.07, 6.45) is 8.44. The Morgan fingerprint density at radius 2 is 1.33 bits per heavy atom. The molecule has 1 heterocycles. The van der Waals surface area contributed by atoms with Gasteiger partial charge in [0.25, 0.3) is 0 Å². The number of sulfonamides is 1. The first-order valence-electron chi connectivity index (χ1n) is 6.20. The Hall–Kier alpha value is -0.0900. The lowest BCUT2D eigenvalue weighted by atomic mass is 10.2. The van der Waals surface area contributed by atoms with Crippen molar-refractivity contribution < 1.29 is 8.42 Å². The normalized spacial score (nSPS) is 26.7. The van der Waals surface area contributed by atoms with Gasteiger partial charge in [-0.15, -0.1) is 0 Å². The van der Waals surface area contributed by atoms with Gasteiger partial charge in [0.05, 0.1) is 5.25 Å². The van der Waals surface area contributed by atoms with Gasteiger partial charge in [0, 0.05) is 13.1 Å². The molecule has 0 spiro atoms. The molecule has 0 bridgehead atoms. The Labute approximate surface area is 92.9 Å². The highest BCUT2D eigenvalue weighted by molar-refractivity contribution is 7.89. The van der Waals surface area contributed by atoms with E-state index in [0.717, 1.165) is 51.6 Å². The average Bonchev–Trinajstić information content (AvgIpc) is 2.61. The molecule has 4 heteroatoms. The van der Waals surface area contributed by atoms with Crippen molar-refractivity contribution in [3.05, 3.63) is 0 Å². The Kier molecular flexibility index (Phi) is 3.67. The topological polar surface area (TPSA) is 37.4 Å². The van der Waals surface area contributed by atoms with E-state index in [0.29, 0.717) is 0 Å². The fraction of sp³-hybridized carbons (Fsp3) is 1.00. The summed E-state index contributed by atoms with van der Waals surface area (Å²) in [6, 6.07) is 0. The maximum atomic E-state index is 12.3. The largest absolute Gasteiger partial charge is 0.216 e. The molecule has 15 heavy (non-hydrogen) atoms. The standard InChI is InChI=1S/C11H21NO2S/c13-15(14,11-7-3-4-8-11)12-9-5-1-2-6-10-12/h11H,1-10H2. The number of hydrogen-bond donors (Lipinski definition) is 0. The molecule has 1 saturated heterocycles. The minimum absolute atomic E-state index is 0.0596. The maximum absolute atomic E-state index is 12.3. The fourth-order valence-corrected chi connectivity index (χ4v) is 4.81. The van der Waals surface area contributed by atoms with Crippen LogP contribution in [0.15, 0.2) is 0 Å². The zero-order valence-electron chi connectivity index (χ0n) is 9.32. The van der Waals surface area contributed by atoms with E-state index < -0.39 is 10.0 Å². The SMILES string of the molecule is O=S(=O)(C1CCCC1)N1CCCCCC1. The Morgan fingerprint density at radius 1 is 0.800 bits per heavy atom. The van der Waals surface area contributed by atoms with Crippen molar-refractivity contribution in [2.24, 2.45) is 0 Å². The monoisotopic (exact) mass is 231 g/mol. The van der Waals surface area contributed by atoms with Crippen LogP contribution in [0.4, 0.5) is 0 Å². The lowest BCUT2D eigenvalue weighted by molar-refractivity contribution is 0.415. The van der Waals surface area contributed by atoms with Crippen molar-refractivity contribution >= 4 is 10.0 Å². The van der Waals surface area contributed by atoms with Crippen LogP contribution in [0.1, 0.15) is 51.4 Å². The van der Waals surface area contributed by atoms with Crippen molar-refractivity contribution in [3.63, 3.8) is 0 Å². The average molecular weight is 231 g/mol. The molecule has 0 unspecified atom stereocenters. The minimum atomic E-state index is -2.95. The smallest absolute Gasteiger partial charge is 0.212 e. The van der Waals surface area contributed by atoms with Crippen molar-refractivity contribution in [1.29, 1.82) is 0 Å². The molecule has 3 nitrogen and oxygen atoms in total. The fourth-order valence-electron chi connectivity index (χ4n) is 2.69. The summed E-state index contributed by atoms with van der Waals surface area (Å²) in [5.74, 6) is 0. The number of hydrogen-bond acceptors (Lipinski definition) is 2. The molecule has 1 aliphatic carbocycles. The van der Waals surface area contributed by atoms with Crippen LogP contribution >= 0.6 is 0 Å². The summed E-state index contributed by atoms with van der Waals surface area (Å²) in [5.41, 5.74) is 0. The second-order valence-electron chi connectivity index (χ2n) is 4.76. The van der Waals surface area contributed by atoms with Gasteiger partial charge in [-0.05, 0) is 25.7 Å². The third-order valence-corrected chi connectivity index (χ3v) is 6.05. The molecule has 1 aliphatic heterocycles. The summed E-state index contributed by atoms with van der Waals surface area (Å²) in [5, 5.41) is -0.0596. The summed E-state index contributed by atoms with van der Waals surface area (Å²) in [7, 11) is -2.95. The molecular formula is C11H21NO2S.